The summed E-state index contributed by atoms with van der Waals surface area (Å²) in [6.45, 7) is -0.159. The van der Waals surface area contributed by atoms with Gasteiger partial charge in [-0.25, -0.2) is 9.97 Å². The average molecular weight is 500 g/mol. The fourth-order valence-corrected chi connectivity index (χ4v) is 6.71. The first-order valence-corrected chi connectivity index (χ1v) is 12.3. The molecule has 2 N–H and O–H groups in total. The number of nitrogens with zero attached hydrogens (tertiary/aromatic N) is 5. The number of thiazole rings is 2. The Morgan fingerprint density at radius 3 is 1.97 bits per heavy atom. The zero-order chi connectivity index (χ0) is 24.1. The van der Waals surface area contributed by atoms with Crippen LogP contribution in [0.4, 0.5) is 0 Å². The van der Waals surface area contributed by atoms with Gasteiger partial charge < -0.3 is 15.1 Å². The summed E-state index contributed by atoms with van der Waals surface area (Å²) in [5.41, 5.74) is 0.513. The van der Waals surface area contributed by atoms with E-state index in [0.717, 1.165) is 0 Å². The van der Waals surface area contributed by atoms with Gasteiger partial charge in [0.25, 0.3) is 0 Å². The van der Waals surface area contributed by atoms with Crippen molar-refractivity contribution in [1.82, 2.24) is 24.8 Å². The highest BCUT2D eigenvalue weighted by atomic mass is 32.1. The van der Waals surface area contributed by atoms with Crippen LogP contribution in [0.5, 0.6) is 0 Å². The van der Waals surface area contributed by atoms with E-state index in [2.05, 4.69) is 15.0 Å². The molecular formula is C22H21N5O5S2. The van der Waals surface area contributed by atoms with E-state index in [4.69, 9.17) is 0 Å². The summed E-state index contributed by atoms with van der Waals surface area (Å²) in [4.78, 5) is 56.8. The number of pyridine rings is 1. The summed E-state index contributed by atoms with van der Waals surface area (Å²) in [7, 11) is 1.65. The van der Waals surface area contributed by atoms with E-state index < -0.39 is 40.6 Å². The highest BCUT2D eigenvalue weighted by Gasteiger charge is 2.75. The summed E-state index contributed by atoms with van der Waals surface area (Å²) in [5.74, 6) is -3.54. The molecule has 0 aliphatic carbocycles. The monoisotopic (exact) mass is 499 g/mol. The van der Waals surface area contributed by atoms with Crippen molar-refractivity contribution in [2.45, 2.75) is 18.6 Å². The van der Waals surface area contributed by atoms with Crippen LogP contribution in [0.3, 0.4) is 0 Å². The SMILES string of the molecule is CN1CC2(C(=O)O)C(=O)C(C(=O)O)(C1)C(c1cscn1)N(Cc1ccccn1)C2c1cscn1. The Morgan fingerprint density at radius 2 is 1.56 bits per heavy atom. The fraction of sp³-hybridized carbons (Fsp3) is 0.364. The number of carbonyl (C=O) groups is 3. The number of piperidine rings is 2. The number of likely N-dealkylation sites (tertiary alicyclic amines) is 2. The second-order valence-electron chi connectivity index (χ2n) is 8.68. The largest absolute Gasteiger partial charge is 0.480 e. The van der Waals surface area contributed by atoms with E-state index in [-0.39, 0.29) is 19.6 Å². The van der Waals surface area contributed by atoms with Gasteiger partial charge in [0.15, 0.2) is 16.6 Å². The van der Waals surface area contributed by atoms with Crippen LogP contribution in [0.1, 0.15) is 29.2 Å². The Hall–Kier alpha value is -3.06. The minimum atomic E-state index is -2.04. The average Bonchev–Trinajstić information content (AvgIpc) is 3.51. The lowest BCUT2D eigenvalue weighted by molar-refractivity contribution is -0.203. The molecule has 5 heterocycles. The quantitative estimate of drug-likeness (QED) is 0.484. The number of aromatic nitrogens is 3. The number of carboxylic acids is 2. The Labute approximate surface area is 202 Å². The van der Waals surface area contributed by atoms with Gasteiger partial charge in [-0.15, -0.1) is 22.7 Å². The van der Waals surface area contributed by atoms with Crippen LogP contribution in [-0.4, -0.2) is 72.8 Å². The highest BCUT2D eigenvalue weighted by Crippen LogP contribution is 2.60. The Kier molecular flexibility index (Phi) is 5.55. The second-order valence-corrected chi connectivity index (χ2v) is 10.1. The van der Waals surface area contributed by atoms with Crippen LogP contribution in [0.2, 0.25) is 0 Å². The van der Waals surface area contributed by atoms with Gasteiger partial charge >= 0.3 is 11.9 Å². The molecule has 0 aromatic carbocycles. The number of aliphatic carboxylic acids is 2. The van der Waals surface area contributed by atoms with Gasteiger partial charge in [0.05, 0.1) is 40.2 Å². The van der Waals surface area contributed by atoms with Gasteiger partial charge in [-0.2, -0.15) is 0 Å². The standard InChI is InChI=1S/C22H21N5O5S2/c1-26-9-21(19(29)30)16(14-7-33-11-24-14)27(6-13-4-2-3-5-23-13)17(15-8-34-12-25-15)22(10-26,18(21)28)20(31)32/h2-5,7-8,11-12,16-17H,6,9-10H2,1H3,(H,29,30)(H,31,32). The first kappa shape index (κ1) is 22.7. The number of carboxylic acid groups (broad SMARTS) is 2. The van der Waals surface area contributed by atoms with Gasteiger partial charge in [-0.3, -0.25) is 24.3 Å². The molecule has 2 aliphatic rings. The summed E-state index contributed by atoms with van der Waals surface area (Å²) in [6, 6.07) is 3.32. The molecular weight excluding hydrogens is 478 g/mol. The molecule has 176 valence electrons. The van der Waals surface area contributed by atoms with Crippen LogP contribution >= 0.6 is 22.7 Å². The molecule has 3 aromatic rings. The Morgan fingerprint density at radius 1 is 1.00 bits per heavy atom. The molecule has 2 fully saturated rings. The number of Topliss-reactive ketones (excluding diaryl/α,β-unsaturated/α-hetero) is 1. The summed E-state index contributed by atoms with van der Waals surface area (Å²) < 4.78 is 0. The Bertz CT molecular complexity index is 1150. The van der Waals surface area contributed by atoms with E-state index in [1.807, 2.05) is 6.07 Å². The minimum Gasteiger partial charge on any atom is -0.480 e. The number of rotatable bonds is 6. The number of hydrogen-bond acceptors (Lipinski definition) is 10. The van der Waals surface area contributed by atoms with Crippen molar-refractivity contribution < 1.29 is 24.6 Å². The third kappa shape index (κ3) is 3.13. The zero-order valence-electron chi connectivity index (χ0n) is 18.1. The first-order chi connectivity index (χ1) is 16.3. The van der Waals surface area contributed by atoms with Gasteiger partial charge in [-0.1, -0.05) is 6.07 Å². The minimum absolute atomic E-state index is 0.117. The molecule has 2 bridgehead atoms. The zero-order valence-corrected chi connectivity index (χ0v) is 19.7. The van der Waals surface area contributed by atoms with Crippen LogP contribution < -0.4 is 0 Å². The normalized spacial score (nSPS) is 29.7. The van der Waals surface area contributed by atoms with Crippen LogP contribution in [0.25, 0.3) is 0 Å². The third-order valence-corrected chi connectivity index (χ3v) is 7.95. The molecule has 0 radical (unpaired) electrons. The van der Waals surface area contributed by atoms with E-state index in [1.165, 1.54) is 22.7 Å². The lowest BCUT2D eigenvalue weighted by Crippen LogP contribution is -2.75. The molecule has 4 atom stereocenters. The molecule has 0 spiro atoms. The van der Waals surface area contributed by atoms with E-state index in [0.29, 0.717) is 17.1 Å². The maximum atomic E-state index is 14.2. The van der Waals surface area contributed by atoms with Crippen LogP contribution in [0, 0.1) is 10.8 Å². The number of ketones is 1. The molecule has 4 unspecified atom stereocenters. The third-order valence-electron chi connectivity index (χ3n) is 6.74. The number of fused-ring (bicyclic) bond motifs is 2. The van der Waals surface area contributed by atoms with Gasteiger partial charge in [0.2, 0.25) is 0 Å². The predicted octanol–water partition coefficient (Wildman–Crippen LogP) is 1.95. The van der Waals surface area contributed by atoms with Crippen LogP contribution in [-0.2, 0) is 20.9 Å². The number of carbonyl (C=O) groups excluding carboxylic acids is 1. The smallest absolute Gasteiger partial charge is 0.320 e. The molecule has 0 amide bonds. The molecule has 2 aliphatic heterocycles. The lowest BCUT2D eigenvalue weighted by Gasteiger charge is -2.60. The summed E-state index contributed by atoms with van der Waals surface area (Å²) in [5, 5.41) is 24.6. The molecule has 3 aromatic heterocycles. The predicted molar refractivity (Wildman–Crippen MR) is 122 cm³/mol. The van der Waals surface area contributed by atoms with Crippen molar-refractivity contribution in [2.75, 3.05) is 20.1 Å². The van der Waals surface area contributed by atoms with Crippen molar-refractivity contribution >= 4 is 40.4 Å². The van der Waals surface area contributed by atoms with Gasteiger partial charge in [0.1, 0.15) is 0 Å². The van der Waals surface area contributed by atoms with E-state index in [1.54, 1.807) is 57.0 Å². The summed E-state index contributed by atoms with van der Waals surface area (Å²) in [6.07, 6.45) is 1.62. The topological polar surface area (TPSA) is 137 Å². The van der Waals surface area contributed by atoms with Crippen LogP contribution in [0.15, 0.2) is 46.2 Å². The summed E-state index contributed by atoms with van der Waals surface area (Å²) >= 11 is 2.58. The molecule has 5 rings (SSSR count). The molecule has 2 saturated heterocycles. The Balaban J connectivity index is 1.84. The van der Waals surface area contributed by atoms with E-state index in [9.17, 15) is 24.6 Å². The highest BCUT2D eigenvalue weighted by molar-refractivity contribution is 7.07. The molecule has 34 heavy (non-hydrogen) atoms. The fourth-order valence-electron chi connectivity index (χ4n) is 5.57. The molecule has 10 nitrogen and oxygen atoms in total. The second kappa shape index (κ2) is 8.31. The maximum Gasteiger partial charge on any atom is 0.320 e. The molecule has 0 saturated carbocycles. The van der Waals surface area contributed by atoms with Gasteiger partial charge in [-0.05, 0) is 19.2 Å². The lowest BCUT2D eigenvalue weighted by atomic mass is 9.54. The maximum absolute atomic E-state index is 14.2. The van der Waals surface area contributed by atoms with Crippen molar-refractivity contribution in [3.63, 3.8) is 0 Å². The van der Waals surface area contributed by atoms with Crippen molar-refractivity contribution in [1.29, 1.82) is 0 Å². The van der Waals surface area contributed by atoms with Gasteiger partial charge in [0, 0.05) is 36.6 Å². The molecule has 12 heteroatoms. The van der Waals surface area contributed by atoms with E-state index >= 15 is 0 Å². The van der Waals surface area contributed by atoms with Crippen molar-refractivity contribution in [3.05, 3.63) is 63.3 Å². The van der Waals surface area contributed by atoms with Crippen molar-refractivity contribution in [3.8, 4) is 0 Å². The first-order valence-electron chi connectivity index (χ1n) is 10.4. The number of hydrogen-bond donors (Lipinski definition) is 2. The van der Waals surface area contributed by atoms with Crippen molar-refractivity contribution in [2.24, 2.45) is 10.8 Å².